The van der Waals surface area contributed by atoms with Gasteiger partial charge in [0.05, 0.1) is 22.4 Å². The molecule has 2 fully saturated rings. The van der Waals surface area contributed by atoms with Crippen molar-refractivity contribution in [3.63, 3.8) is 0 Å². The summed E-state index contributed by atoms with van der Waals surface area (Å²) in [4.78, 5) is 0. The number of hydrogen-bond acceptors (Lipinski definition) is 4. The fraction of sp³-hybridized carbons (Fsp3) is 0.815. The maximum absolute atomic E-state index is 6.89. The van der Waals surface area contributed by atoms with E-state index in [1.165, 1.54) is 240 Å². The van der Waals surface area contributed by atoms with E-state index in [4.69, 9.17) is 18.6 Å². The first-order chi connectivity index (χ1) is 34.0. The molecule has 4 nitrogen and oxygen atoms in total. The highest BCUT2D eigenvalue weighted by Gasteiger charge is 2.55. The summed E-state index contributed by atoms with van der Waals surface area (Å²) in [5.41, 5.74) is 6.56. The van der Waals surface area contributed by atoms with Gasteiger partial charge in [0.15, 0.2) is 0 Å². The topological polar surface area (TPSA) is 36.9 Å². The largest absolute Gasteiger partial charge is 0.494 e. The second-order valence-corrected chi connectivity index (χ2v) is 25.6. The lowest BCUT2D eigenvalue weighted by Crippen LogP contribution is -2.41. The first kappa shape index (κ1) is 60.3. The van der Waals surface area contributed by atoms with Crippen molar-refractivity contribution in [1.82, 2.24) is 0 Å². The second-order valence-electron chi connectivity index (χ2n) is 25.6. The molecule has 0 spiro atoms. The van der Waals surface area contributed by atoms with Gasteiger partial charge in [0, 0.05) is 5.41 Å². The van der Waals surface area contributed by atoms with Crippen LogP contribution in [0.1, 0.15) is 313 Å². The van der Waals surface area contributed by atoms with E-state index in [0.29, 0.717) is 11.8 Å². The van der Waals surface area contributed by atoms with E-state index in [1.807, 2.05) is 0 Å². The quantitative estimate of drug-likeness (QED) is 0.0496. The summed E-state index contributed by atoms with van der Waals surface area (Å²) in [6, 6.07) is 14.8. The molecule has 1 aliphatic carbocycles. The maximum atomic E-state index is 6.89. The Morgan fingerprint density at radius 2 is 0.577 bits per heavy atom. The Bertz CT molecular complexity index is 1640. The molecule has 2 heterocycles. The Hall–Kier alpha value is -1.59. The van der Waals surface area contributed by atoms with Crippen LogP contribution in [0.3, 0.4) is 0 Å². The molecule has 5 rings (SSSR count). The summed E-state index contributed by atoms with van der Waals surface area (Å²) in [7, 11) is -0.779. The van der Waals surface area contributed by atoms with Crippen LogP contribution in [-0.2, 0) is 24.0 Å². The van der Waals surface area contributed by atoms with Gasteiger partial charge >= 0.3 is 14.2 Å². The normalized spacial score (nSPS) is 19.1. The predicted octanol–water partition coefficient (Wildman–Crippen LogP) is 19.1. The zero-order chi connectivity index (χ0) is 51.4. The minimum absolute atomic E-state index is 0.135. The highest BCUT2D eigenvalue weighted by molar-refractivity contribution is 6.62. The van der Waals surface area contributed by atoms with Crippen molar-refractivity contribution in [1.29, 1.82) is 0 Å². The Balaban J connectivity index is 1.61. The van der Waals surface area contributed by atoms with Crippen LogP contribution in [0.4, 0.5) is 0 Å². The zero-order valence-electron chi connectivity index (χ0n) is 48.9. The van der Waals surface area contributed by atoms with Gasteiger partial charge in [-0.3, -0.25) is 0 Å². The van der Waals surface area contributed by atoms with Crippen LogP contribution in [-0.4, -0.2) is 36.6 Å². The number of hydrogen-bond donors (Lipinski definition) is 0. The molecule has 0 N–H and O–H groups in total. The highest BCUT2D eigenvalue weighted by Crippen LogP contribution is 2.57. The highest BCUT2D eigenvalue weighted by atomic mass is 16.7. The molecule has 402 valence electrons. The predicted molar refractivity (Wildman–Crippen MR) is 311 cm³/mol. The van der Waals surface area contributed by atoms with E-state index in [2.05, 4.69) is 119 Å². The zero-order valence-corrected chi connectivity index (χ0v) is 48.9. The fourth-order valence-corrected chi connectivity index (χ4v) is 12.5. The molecule has 2 atom stereocenters. The Morgan fingerprint density at radius 3 is 0.831 bits per heavy atom. The molecule has 0 aromatic heterocycles. The summed E-state index contributed by atoms with van der Waals surface area (Å²) in [6.45, 7) is 27.0. The van der Waals surface area contributed by atoms with E-state index in [-0.39, 0.29) is 19.7 Å². The average molecular weight is 979 g/mol. The Kier molecular flexibility index (Phi) is 25.2. The SMILES string of the molecule is CCCCCCCCCCC(CCCCCCCC)CC1(CC(CCCCCCCC)CCCCCCCCCC)c2cc(B3OC(C)(C)C(C)(C)O3)ccc2-c2ccc(B3OC(C)(C)C(C)(C)O3)cc21. The van der Waals surface area contributed by atoms with Crippen LogP contribution >= 0.6 is 0 Å². The van der Waals surface area contributed by atoms with Gasteiger partial charge in [0.25, 0.3) is 0 Å². The lowest BCUT2D eigenvalue weighted by Gasteiger charge is -2.39. The number of fused-ring (bicyclic) bond motifs is 3. The van der Waals surface area contributed by atoms with Gasteiger partial charge in [0.1, 0.15) is 0 Å². The molecule has 2 aromatic carbocycles. The molecule has 2 aromatic rings. The van der Waals surface area contributed by atoms with Gasteiger partial charge in [0.2, 0.25) is 0 Å². The van der Waals surface area contributed by atoms with Crippen LogP contribution in [0.2, 0.25) is 0 Å². The van der Waals surface area contributed by atoms with Gasteiger partial charge < -0.3 is 18.6 Å². The number of rotatable bonds is 38. The minimum atomic E-state index is -0.398. The third kappa shape index (κ3) is 17.2. The van der Waals surface area contributed by atoms with Gasteiger partial charge in [-0.15, -0.1) is 0 Å². The molecule has 0 amide bonds. The summed E-state index contributed by atoms with van der Waals surface area (Å²) in [6.07, 6.45) is 46.1. The van der Waals surface area contributed by atoms with Gasteiger partial charge in [-0.05, 0) is 113 Å². The molecular weight excluding hydrogens is 866 g/mol. The molecule has 2 aliphatic heterocycles. The summed E-state index contributed by atoms with van der Waals surface area (Å²) in [5.74, 6) is 1.33. The van der Waals surface area contributed by atoms with E-state index >= 15 is 0 Å². The smallest absolute Gasteiger partial charge is 0.399 e. The van der Waals surface area contributed by atoms with Crippen molar-refractivity contribution in [3.05, 3.63) is 47.5 Å². The van der Waals surface area contributed by atoms with Crippen molar-refractivity contribution >= 4 is 25.2 Å². The van der Waals surface area contributed by atoms with Crippen LogP contribution in [0.25, 0.3) is 11.1 Å². The molecule has 2 saturated heterocycles. The van der Waals surface area contributed by atoms with E-state index in [0.717, 1.165) is 0 Å². The van der Waals surface area contributed by atoms with Crippen LogP contribution in [0.5, 0.6) is 0 Å². The van der Waals surface area contributed by atoms with Gasteiger partial charge in [-0.1, -0.05) is 270 Å². The lowest BCUT2D eigenvalue weighted by molar-refractivity contribution is 0.00578. The lowest BCUT2D eigenvalue weighted by atomic mass is 9.63. The van der Waals surface area contributed by atoms with Crippen molar-refractivity contribution in [3.8, 4) is 11.1 Å². The van der Waals surface area contributed by atoms with Gasteiger partial charge in [-0.25, -0.2) is 0 Å². The second kappa shape index (κ2) is 29.6. The standard InChI is InChI=1S/C65H112B2O4/c1-13-17-21-25-29-31-35-39-43-53(41-37-33-27-23-19-15-3)51-65(52-54(42-38-34-28-24-20-16-4)44-40-36-32-30-26-22-18-14-2)59-49-55(66-68-61(5,6)62(7,8)69-66)45-47-57(59)58-48-46-56(50-60(58)65)67-70-63(9,10)64(11,12)71-67/h45-50,53-54H,13-44,51-52H2,1-12H3. The third-order valence-corrected chi connectivity index (χ3v) is 18.6. The first-order valence-corrected chi connectivity index (χ1v) is 31.0. The van der Waals surface area contributed by atoms with E-state index < -0.39 is 22.4 Å². The van der Waals surface area contributed by atoms with E-state index in [1.54, 1.807) is 11.1 Å². The number of unbranched alkanes of at least 4 members (excludes halogenated alkanes) is 24. The van der Waals surface area contributed by atoms with Crippen molar-refractivity contribution in [2.75, 3.05) is 0 Å². The maximum Gasteiger partial charge on any atom is 0.494 e. The number of benzene rings is 2. The van der Waals surface area contributed by atoms with Crippen molar-refractivity contribution in [2.24, 2.45) is 11.8 Å². The molecule has 0 saturated carbocycles. The van der Waals surface area contributed by atoms with Crippen LogP contribution in [0, 0.1) is 11.8 Å². The minimum Gasteiger partial charge on any atom is -0.399 e. The van der Waals surface area contributed by atoms with Crippen molar-refractivity contribution in [2.45, 2.75) is 329 Å². The van der Waals surface area contributed by atoms with Crippen molar-refractivity contribution < 1.29 is 18.6 Å². The summed E-state index contributed by atoms with van der Waals surface area (Å²) in [5, 5.41) is 0. The molecule has 71 heavy (non-hydrogen) atoms. The molecule has 6 heteroatoms. The van der Waals surface area contributed by atoms with Crippen LogP contribution < -0.4 is 10.9 Å². The Labute approximate surface area is 441 Å². The van der Waals surface area contributed by atoms with Crippen LogP contribution in [0.15, 0.2) is 36.4 Å². The molecule has 3 aliphatic rings. The molecule has 0 bridgehead atoms. The third-order valence-electron chi connectivity index (χ3n) is 18.6. The Morgan fingerprint density at radius 1 is 0.338 bits per heavy atom. The fourth-order valence-electron chi connectivity index (χ4n) is 12.5. The molecule has 0 radical (unpaired) electrons. The monoisotopic (exact) mass is 979 g/mol. The molecule has 2 unspecified atom stereocenters. The van der Waals surface area contributed by atoms with Gasteiger partial charge in [-0.2, -0.15) is 0 Å². The summed E-state index contributed by atoms with van der Waals surface area (Å²) >= 11 is 0. The summed E-state index contributed by atoms with van der Waals surface area (Å²) < 4.78 is 27.6. The van der Waals surface area contributed by atoms with E-state index in [9.17, 15) is 0 Å². The first-order valence-electron chi connectivity index (χ1n) is 31.0. The average Bonchev–Trinajstić information content (AvgIpc) is 3.82. The molecular formula is C65H112B2O4.